The molecule has 0 fully saturated rings. The molecule has 0 N–H and O–H groups in total. The number of alkyl halides is 1. The number of rotatable bonds is 3. The van der Waals surface area contributed by atoms with Crippen molar-refractivity contribution in [1.82, 2.24) is 4.98 Å². The van der Waals surface area contributed by atoms with Gasteiger partial charge in [-0.05, 0) is 12.1 Å². The molecule has 84 valence electrons. The fourth-order valence-corrected chi connectivity index (χ4v) is 1.88. The lowest BCUT2D eigenvalue weighted by Crippen LogP contribution is -1.83. The highest BCUT2D eigenvalue weighted by molar-refractivity contribution is 6.43. The quantitative estimate of drug-likeness (QED) is 0.775. The summed E-state index contributed by atoms with van der Waals surface area (Å²) in [5, 5.41) is 0.965. The van der Waals surface area contributed by atoms with Crippen molar-refractivity contribution in [1.29, 1.82) is 0 Å². The Hall–Kier alpha value is -0.700. The van der Waals surface area contributed by atoms with Crippen LogP contribution in [0.15, 0.2) is 28.8 Å². The molecule has 0 unspecified atom stereocenters. The first-order valence-electron chi connectivity index (χ1n) is 4.67. The highest BCUT2D eigenvalue weighted by atomic mass is 35.5. The highest BCUT2D eigenvalue weighted by Gasteiger charge is 2.11. The number of benzene rings is 1. The van der Waals surface area contributed by atoms with E-state index in [0.717, 1.165) is 5.56 Å². The van der Waals surface area contributed by atoms with Crippen molar-refractivity contribution in [2.75, 3.05) is 5.88 Å². The molecule has 0 aliphatic carbocycles. The Morgan fingerprint density at radius 2 is 2.06 bits per heavy atom. The van der Waals surface area contributed by atoms with Crippen molar-refractivity contribution in [3.05, 3.63) is 40.3 Å². The summed E-state index contributed by atoms with van der Waals surface area (Å²) in [6.45, 7) is 0. The summed E-state index contributed by atoms with van der Waals surface area (Å²) in [4.78, 5) is 4.10. The van der Waals surface area contributed by atoms with Gasteiger partial charge in [-0.3, -0.25) is 0 Å². The first-order chi connectivity index (χ1) is 7.72. The molecule has 16 heavy (non-hydrogen) atoms. The molecule has 0 aliphatic rings. The fourth-order valence-electron chi connectivity index (χ4n) is 1.33. The maximum Gasteiger partial charge on any atom is 0.196 e. The summed E-state index contributed by atoms with van der Waals surface area (Å²) in [6, 6.07) is 5.37. The van der Waals surface area contributed by atoms with Crippen LogP contribution in [0.5, 0.6) is 0 Å². The zero-order chi connectivity index (χ0) is 11.5. The molecule has 0 saturated carbocycles. The summed E-state index contributed by atoms with van der Waals surface area (Å²) < 4.78 is 5.51. The lowest BCUT2D eigenvalue weighted by molar-refractivity contribution is 0.515. The van der Waals surface area contributed by atoms with Crippen LogP contribution in [-0.4, -0.2) is 10.9 Å². The normalized spacial score (nSPS) is 10.7. The molecule has 2 rings (SSSR count). The molecule has 0 saturated heterocycles. The molecule has 0 amide bonds. The van der Waals surface area contributed by atoms with Crippen molar-refractivity contribution >= 4 is 34.8 Å². The van der Waals surface area contributed by atoms with Gasteiger partial charge >= 0.3 is 0 Å². The van der Waals surface area contributed by atoms with Crippen LogP contribution in [0, 0.1) is 0 Å². The zero-order valence-corrected chi connectivity index (χ0v) is 10.5. The van der Waals surface area contributed by atoms with E-state index in [1.54, 1.807) is 12.3 Å². The van der Waals surface area contributed by atoms with Crippen LogP contribution in [0.1, 0.15) is 5.89 Å². The van der Waals surface area contributed by atoms with Gasteiger partial charge in [-0.25, -0.2) is 4.98 Å². The third-order valence-corrected chi connectivity index (χ3v) is 3.09. The van der Waals surface area contributed by atoms with Crippen LogP contribution in [0.4, 0.5) is 0 Å². The SMILES string of the molecule is ClCCc1ncc(-c2cccc(Cl)c2Cl)o1. The third kappa shape index (κ3) is 2.34. The van der Waals surface area contributed by atoms with E-state index in [-0.39, 0.29) is 0 Å². The van der Waals surface area contributed by atoms with E-state index in [0.29, 0.717) is 34.0 Å². The molecule has 5 heteroatoms. The predicted molar refractivity (Wildman–Crippen MR) is 66.4 cm³/mol. The monoisotopic (exact) mass is 275 g/mol. The van der Waals surface area contributed by atoms with Gasteiger partial charge in [-0.15, -0.1) is 11.6 Å². The summed E-state index contributed by atoms with van der Waals surface area (Å²) in [6.07, 6.45) is 2.22. The number of hydrogen-bond donors (Lipinski definition) is 0. The maximum absolute atomic E-state index is 6.07. The van der Waals surface area contributed by atoms with Crippen LogP contribution in [0.2, 0.25) is 10.0 Å². The Balaban J connectivity index is 2.39. The second-order valence-electron chi connectivity index (χ2n) is 3.16. The minimum absolute atomic E-state index is 0.470. The molecule has 0 radical (unpaired) electrons. The second kappa shape index (κ2) is 5.09. The molecular weight excluding hydrogens is 268 g/mol. The fraction of sp³-hybridized carbons (Fsp3) is 0.182. The Morgan fingerprint density at radius 3 is 2.81 bits per heavy atom. The molecule has 2 nitrogen and oxygen atoms in total. The standard InChI is InChI=1S/C11H8Cl3NO/c12-5-4-10-15-6-9(16-10)7-2-1-3-8(13)11(7)14/h1-3,6H,4-5H2. The minimum Gasteiger partial charge on any atom is -0.441 e. The molecule has 0 bridgehead atoms. The molecule has 1 heterocycles. The Morgan fingerprint density at radius 1 is 1.25 bits per heavy atom. The lowest BCUT2D eigenvalue weighted by Gasteiger charge is -2.01. The molecular formula is C11H8Cl3NO. The predicted octanol–water partition coefficient (Wildman–Crippen LogP) is 4.43. The summed E-state index contributed by atoms with van der Waals surface area (Å²) in [7, 11) is 0. The Labute approximate surface area is 108 Å². The largest absolute Gasteiger partial charge is 0.441 e. The molecule has 0 spiro atoms. The average Bonchev–Trinajstić information content (AvgIpc) is 2.71. The number of aromatic nitrogens is 1. The minimum atomic E-state index is 0.470. The third-order valence-electron chi connectivity index (χ3n) is 2.08. The van der Waals surface area contributed by atoms with Crippen LogP contribution >= 0.6 is 34.8 Å². The molecule has 0 atom stereocenters. The second-order valence-corrected chi connectivity index (χ2v) is 4.32. The summed E-state index contributed by atoms with van der Waals surface area (Å²) in [5.41, 5.74) is 0.738. The van der Waals surface area contributed by atoms with E-state index >= 15 is 0 Å². The molecule has 1 aromatic carbocycles. The Kier molecular flexibility index (Phi) is 3.74. The van der Waals surface area contributed by atoms with Gasteiger partial charge in [-0.2, -0.15) is 0 Å². The first kappa shape index (κ1) is 11.8. The average molecular weight is 277 g/mol. The number of oxazole rings is 1. The first-order valence-corrected chi connectivity index (χ1v) is 5.96. The molecule has 1 aromatic heterocycles. The van der Waals surface area contributed by atoms with Crippen LogP contribution in [0.25, 0.3) is 11.3 Å². The van der Waals surface area contributed by atoms with Gasteiger partial charge in [-0.1, -0.05) is 29.3 Å². The van der Waals surface area contributed by atoms with E-state index in [9.17, 15) is 0 Å². The van der Waals surface area contributed by atoms with Gasteiger partial charge in [0.2, 0.25) is 0 Å². The van der Waals surface area contributed by atoms with Crippen LogP contribution in [0.3, 0.4) is 0 Å². The summed E-state index contributed by atoms with van der Waals surface area (Å²) in [5.74, 6) is 1.68. The van der Waals surface area contributed by atoms with Gasteiger partial charge in [0.1, 0.15) is 0 Å². The topological polar surface area (TPSA) is 26.0 Å². The van der Waals surface area contributed by atoms with E-state index in [1.165, 1.54) is 0 Å². The van der Waals surface area contributed by atoms with Crippen LogP contribution < -0.4 is 0 Å². The number of aryl methyl sites for hydroxylation is 1. The van der Waals surface area contributed by atoms with Gasteiger partial charge < -0.3 is 4.42 Å². The van der Waals surface area contributed by atoms with E-state index in [1.807, 2.05) is 12.1 Å². The van der Waals surface area contributed by atoms with Crippen LogP contribution in [-0.2, 0) is 6.42 Å². The number of halogens is 3. The molecule has 0 aliphatic heterocycles. The highest BCUT2D eigenvalue weighted by Crippen LogP contribution is 2.33. The van der Waals surface area contributed by atoms with E-state index in [4.69, 9.17) is 39.2 Å². The number of nitrogens with zero attached hydrogens (tertiary/aromatic N) is 1. The Bertz CT molecular complexity index is 496. The maximum atomic E-state index is 6.07. The van der Waals surface area contributed by atoms with Crippen molar-refractivity contribution < 1.29 is 4.42 Å². The summed E-state index contributed by atoms with van der Waals surface area (Å²) >= 11 is 17.6. The smallest absolute Gasteiger partial charge is 0.196 e. The van der Waals surface area contributed by atoms with E-state index in [2.05, 4.69) is 4.98 Å². The van der Waals surface area contributed by atoms with Gasteiger partial charge in [0.15, 0.2) is 11.7 Å². The van der Waals surface area contributed by atoms with Crippen molar-refractivity contribution in [3.63, 3.8) is 0 Å². The van der Waals surface area contributed by atoms with E-state index < -0.39 is 0 Å². The van der Waals surface area contributed by atoms with Gasteiger partial charge in [0.05, 0.1) is 16.2 Å². The molecule has 2 aromatic rings. The van der Waals surface area contributed by atoms with Crippen molar-refractivity contribution in [2.24, 2.45) is 0 Å². The van der Waals surface area contributed by atoms with Gasteiger partial charge in [0.25, 0.3) is 0 Å². The zero-order valence-electron chi connectivity index (χ0n) is 8.21. The van der Waals surface area contributed by atoms with Crippen molar-refractivity contribution in [3.8, 4) is 11.3 Å². The van der Waals surface area contributed by atoms with Gasteiger partial charge in [0, 0.05) is 17.9 Å². The van der Waals surface area contributed by atoms with Crippen molar-refractivity contribution in [2.45, 2.75) is 6.42 Å². The lowest BCUT2D eigenvalue weighted by atomic mass is 10.2. The number of hydrogen-bond acceptors (Lipinski definition) is 2.